The number of nitrogens with one attached hydrogen (secondary N) is 1. The molecule has 26 heavy (non-hydrogen) atoms. The van der Waals surface area contributed by atoms with Crippen LogP contribution in [0.1, 0.15) is 37.2 Å². The Kier molecular flexibility index (Phi) is 5.22. The predicted octanol–water partition coefficient (Wildman–Crippen LogP) is 2.38. The molecule has 2 saturated heterocycles. The molecule has 0 unspecified atom stereocenters. The number of piperidine rings is 2. The smallest absolute Gasteiger partial charge is 0.248 e. The molecule has 0 aromatic carbocycles. The minimum atomic E-state index is 0.142. The van der Waals surface area contributed by atoms with Gasteiger partial charge in [-0.25, -0.2) is 4.98 Å². The van der Waals surface area contributed by atoms with Crippen molar-refractivity contribution in [2.45, 2.75) is 37.7 Å². The van der Waals surface area contributed by atoms with Gasteiger partial charge in [0.2, 0.25) is 5.91 Å². The lowest BCUT2D eigenvalue weighted by molar-refractivity contribution is -0.140. The molecule has 1 N–H and O–H groups in total. The molecule has 0 atom stereocenters. The Morgan fingerprint density at radius 2 is 2.00 bits per heavy atom. The van der Waals surface area contributed by atoms with Crippen LogP contribution in [0, 0.1) is 0 Å². The van der Waals surface area contributed by atoms with E-state index in [1.807, 2.05) is 17.2 Å². The zero-order valence-corrected chi connectivity index (χ0v) is 15.5. The molecule has 0 aliphatic carbocycles. The second-order valence-corrected chi connectivity index (χ2v) is 7.61. The number of carbonyl (C=O) groups is 1. The average Bonchev–Trinajstić information content (AvgIpc) is 3.11. The maximum absolute atomic E-state index is 12.5. The number of fused-ring (bicyclic) bond motifs is 1. The van der Waals surface area contributed by atoms with E-state index in [2.05, 4.69) is 34.2 Å². The van der Waals surface area contributed by atoms with Crippen molar-refractivity contribution < 1.29 is 9.53 Å². The van der Waals surface area contributed by atoms with Crippen LogP contribution in [0.5, 0.6) is 0 Å². The number of aromatic nitrogens is 2. The highest BCUT2D eigenvalue weighted by molar-refractivity contribution is 5.80. The summed E-state index contributed by atoms with van der Waals surface area (Å²) in [5.74, 6) is 0.634. The van der Waals surface area contributed by atoms with Crippen LogP contribution in [0.2, 0.25) is 0 Å². The van der Waals surface area contributed by atoms with Gasteiger partial charge in [0.05, 0.1) is 6.10 Å². The monoisotopic (exact) mass is 356 g/mol. The van der Waals surface area contributed by atoms with Crippen LogP contribution in [0.3, 0.4) is 0 Å². The van der Waals surface area contributed by atoms with Crippen LogP contribution in [-0.4, -0.2) is 71.6 Å². The first-order valence-corrected chi connectivity index (χ1v) is 9.70. The number of hydrogen-bond acceptors (Lipinski definition) is 4. The van der Waals surface area contributed by atoms with E-state index in [1.54, 1.807) is 0 Å². The fourth-order valence-electron chi connectivity index (χ4n) is 4.19. The Bertz CT molecular complexity index is 743. The second kappa shape index (κ2) is 7.76. The number of pyridine rings is 1. The van der Waals surface area contributed by atoms with E-state index >= 15 is 0 Å². The van der Waals surface area contributed by atoms with Gasteiger partial charge in [0.15, 0.2) is 0 Å². The van der Waals surface area contributed by atoms with Crippen LogP contribution in [0.15, 0.2) is 24.5 Å². The maximum Gasteiger partial charge on any atom is 0.248 e. The molecular weight excluding hydrogens is 328 g/mol. The first-order chi connectivity index (χ1) is 12.7. The minimum absolute atomic E-state index is 0.142. The third-order valence-corrected chi connectivity index (χ3v) is 5.88. The van der Waals surface area contributed by atoms with Gasteiger partial charge in [0, 0.05) is 44.0 Å². The van der Waals surface area contributed by atoms with Gasteiger partial charge in [-0.15, -0.1) is 0 Å². The fraction of sp³-hybridized carbons (Fsp3) is 0.600. The second-order valence-electron chi connectivity index (χ2n) is 7.61. The topological polar surface area (TPSA) is 61.5 Å². The lowest BCUT2D eigenvalue weighted by Crippen LogP contribution is -2.41. The molecule has 140 valence electrons. The van der Waals surface area contributed by atoms with E-state index in [0.717, 1.165) is 57.5 Å². The lowest BCUT2D eigenvalue weighted by atomic mass is 9.89. The zero-order valence-electron chi connectivity index (χ0n) is 15.5. The molecule has 6 heteroatoms. The van der Waals surface area contributed by atoms with Gasteiger partial charge < -0.3 is 19.5 Å². The predicted molar refractivity (Wildman–Crippen MR) is 101 cm³/mol. The van der Waals surface area contributed by atoms with Crippen molar-refractivity contribution in [2.75, 3.05) is 39.8 Å². The molecule has 0 saturated carbocycles. The number of hydrogen-bond donors (Lipinski definition) is 1. The van der Waals surface area contributed by atoms with Gasteiger partial charge in [-0.2, -0.15) is 0 Å². The van der Waals surface area contributed by atoms with Crippen LogP contribution in [0.4, 0.5) is 0 Å². The summed E-state index contributed by atoms with van der Waals surface area (Å²) >= 11 is 0. The molecule has 2 aliphatic heterocycles. The number of aromatic amines is 1. The molecule has 2 fully saturated rings. The lowest BCUT2D eigenvalue weighted by Gasteiger charge is -2.33. The first-order valence-electron chi connectivity index (χ1n) is 9.70. The Morgan fingerprint density at radius 1 is 1.23 bits per heavy atom. The summed E-state index contributed by atoms with van der Waals surface area (Å²) in [5.41, 5.74) is 2.29. The van der Waals surface area contributed by atoms with Crippen molar-refractivity contribution >= 4 is 16.9 Å². The number of rotatable bonds is 4. The van der Waals surface area contributed by atoms with Gasteiger partial charge in [-0.1, -0.05) is 0 Å². The molecule has 6 nitrogen and oxygen atoms in total. The van der Waals surface area contributed by atoms with Crippen molar-refractivity contribution in [3.05, 3.63) is 30.1 Å². The first kappa shape index (κ1) is 17.5. The normalized spacial score (nSPS) is 20.7. The molecule has 0 spiro atoms. The Morgan fingerprint density at radius 3 is 2.77 bits per heavy atom. The third-order valence-electron chi connectivity index (χ3n) is 5.88. The van der Waals surface area contributed by atoms with Gasteiger partial charge in [0.25, 0.3) is 0 Å². The summed E-state index contributed by atoms with van der Waals surface area (Å²) in [6.07, 6.45) is 8.20. The molecule has 4 rings (SSSR count). The number of amides is 1. The Labute approximate surface area is 154 Å². The van der Waals surface area contributed by atoms with E-state index in [1.165, 1.54) is 10.9 Å². The van der Waals surface area contributed by atoms with E-state index in [9.17, 15) is 4.79 Å². The Hall–Kier alpha value is -1.92. The molecule has 1 amide bonds. The fourth-order valence-corrected chi connectivity index (χ4v) is 4.19. The van der Waals surface area contributed by atoms with Gasteiger partial charge >= 0.3 is 0 Å². The van der Waals surface area contributed by atoms with E-state index < -0.39 is 0 Å². The van der Waals surface area contributed by atoms with Crippen LogP contribution in [0.25, 0.3) is 11.0 Å². The van der Waals surface area contributed by atoms with E-state index in [4.69, 9.17) is 4.74 Å². The van der Waals surface area contributed by atoms with Crippen molar-refractivity contribution in [1.29, 1.82) is 0 Å². The van der Waals surface area contributed by atoms with Crippen molar-refractivity contribution in [1.82, 2.24) is 19.8 Å². The summed E-state index contributed by atoms with van der Waals surface area (Å²) in [6.45, 7) is 3.98. The summed E-state index contributed by atoms with van der Waals surface area (Å²) in [4.78, 5) is 24.4. The van der Waals surface area contributed by atoms with E-state index in [-0.39, 0.29) is 18.6 Å². The summed E-state index contributed by atoms with van der Waals surface area (Å²) in [6, 6.07) is 4.11. The van der Waals surface area contributed by atoms with Gasteiger partial charge in [-0.05, 0) is 56.3 Å². The number of likely N-dealkylation sites (tertiary alicyclic amines) is 2. The summed E-state index contributed by atoms with van der Waals surface area (Å²) < 4.78 is 5.87. The molecule has 2 aromatic rings. The highest BCUT2D eigenvalue weighted by Gasteiger charge is 2.26. The number of ether oxygens (including phenoxy) is 1. The zero-order chi connectivity index (χ0) is 17.9. The number of H-pyrrole nitrogens is 1. The molecule has 2 aliphatic rings. The SMILES string of the molecule is CN1CCC(OCC(=O)N2CCC(c3c[nH]c4ncccc34)CC2)CC1. The van der Waals surface area contributed by atoms with Crippen molar-refractivity contribution in [3.8, 4) is 0 Å². The van der Waals surface area contributed by atoms with Crippen LogP contribution >= 0.6 is 0 Å². The third kappa shape index (κ3) is 3.76. The van der Waals surface area contributed by atoms with Crippen LogP contribution < -0.4 is 0 Å². The molecule has 0 bridgehead atoms. The van der Waals surface area contributed by atoms with Gasteiger partial charge in [-0.3, -0.25) is 4.79 Å². The minimum Gasteiger partial charge on any atom is -0.368 e. The van der Waals surface area contributed by atoms with Gasteiger partial charge in [0.1, 0.15) is 12.3 Å². The van der Waals surface area contributed by atoms with Crippen molar-refractivity contribution in [2.24, 2.45) is 0 Å². The molecule has 0 radical (unpaired) electrons. The van der Waals surface area contributed by atoms with Crippen LogP contribution in [-0.2, 0) is 9.53 Å². The maximum atomic E-state index is 12.5. The van der Waals surface area contributed by atoms with Crippen molar-refractivity contribution in [3.63, 3.8) is 0 Å². The average molecular weight is 356 g/mol. The highest BCUT2D eigenvalue weighted by Crippen LogP contribution is 2.32. The quantitative estimate of drug-likeness (QED) is 0.914. The molecule has 2 aromatic heterocycles. The highest BCUT2D eigenvalue weighted by atomic mass is 16.5. The standard InChI is InChI=1S/C20H28N4O2/c1-23-9-6-16(7-10-23)26-14-19(25)24-11-4-15(5-12-24)18-13-22-20-17(18)3-2-8-21-20/h2-3,8,13,15-16H,4-7,9-12,14H2,1H3,(H,21,22). The summed E-state index contributed by atoms with van der Waals surface area (Å²) in [7, 11) is 2.13. The molecule has 4 heterocycles. The van der Waals surface area contributed by atoms with E-state index in [0.29, 0.717) is 5.92 Å². The number of carbonyl (C=O) groups excluding carboxylic acids is 1. The summed E-state index contributed by atoms with van der Waals surface area (Å²) in [5, 5.41) is 1.21. The largest absolute Gasteiger partial charge is 0.368 e. The number of nitrogens with zero attached hydrogens (tertiary/aromatic N) is 3. The Balaban J connectivity index is 1.27. The molecular formula is C20H28N4O2.